The van der Waals surface area contributed by atoms with E-state index in [1.54, 1.807) is 18.2 Å². The lowest BCUT2D eigenvalue weighted by Crippen LogP contribution is -2.07. The molecule has 0 unspecified atom stereocenters. The molecule has 0 amide bonds. The van der Waals surface area contributed by atoms with E-state index in [1.165, 1.54) is 0 Å². The number of rotatable bonds is 0. The normalized spacial score (nSPS) is 8.54. The number of para-hydroxylation sites is 1. The largest absolute Gasteiger partial charge is 0.631 e. The Morgan fingerprint density at radius 3 is 1.46 bits per heavy atom. The van der Waals surface area contributed by atoms with Crippen molar-refractivity contribution in [2.24, 2.45) is 0 Å². The van der Waals surface area contributed by atoms with E-state index in [1.807, 2.05) is 0 Å². The van der Waals surface area contributed by atoms with Crippen LogP contribution in [0.5, 0.6) is 0 Å². The minimum atomic E-state index is -2.17. The zero-order valence-corrected chi connectivity index (χ0v) is 6.88. The highest BCUT2D eigenvalue weighted by atomic mass is 16.5. The van der Waals surface area contributed by atoms with Crippen LogP contribution in [0.1, 0.15) is 0 Å². The Morgan fingerprint density at radius 1 is 0.923 bits per heavy atom. The van der Waals surface area contributed by atoms with E-state index in [2.05, 4.69) is 0 Å². The molecule has 7 heteroatoms. The van der Waals surface area contributed by atoms with Gasteiger partial charge in [-0.3, -0.25) is 0 Å². The molecule has 0 heterocycles. The van der Waals surface area contributed by atoms with Gasteiger partial charge in [0.2, 0.25) is 0 Å². The highest BCUT2D eigenvalue weighted by Gasteiger charge is 1.94. The summed E-state index contributed by atoms with van der Waals surface area (Å²) in [7, 11) is -2.17. The summed E-state index contributed by atoms with van der Waals surface area (Å²) in [6.07, 6.45) is 0. The number of nitrogen functional groups attached to an aromatic ring is 3. The van der Waals surface area contributed by atoms with E-state index in [9.17, 15) is 0 Å². The fourth-order valence-corrected chi connectivity index (χ4v) is 0.602. The van der Waals surface area contributed by atoms with E-state index in [0.29, 0.717) is 17.1 Å². The van der Waals surface area contributed by atoms with Gasteiger partial charge in [-0.25, -0.2) is 0 Å². The number of hydrogen-bond donors (Lipinski definition) is 6. The minimum absolute atomic E-state index is 0.470. The quantitative estimate of drug-likeness (QED) is 0.212. The van der Waals surface area contributed by atoms with Crippen LogP contribution in [0.2, 0.25) is 0 Å². The van der Waals surface area contributed by atoms with Crippen molar-refractivity contribution in [2.75, 3.05) is 17.2 Å². The molecule has 0 atom stereocenters. The van der Waals surface area contributed by atoms with Gasteiger partial charge in [-0.2, -0.15) is 0 Å². The van der Waals surface area contributed by atoms with Crippen LogP contribution in [-0.4, -0.2) is 22.4 Å². The van der Waals surface area contributed by atoms with Crippen molar-refractivity contribution in [3.8, 4) is 0 Å². The number of anilines is 3. The van der Waals surface area contributed by atoms with Crippen molar-refractivity contribution in [3.05, 3.63) is 18.2 Å². The van der Waals surface area contributed by atoms with Crippen molar-refractivity contribution in [2.45, 2.75) is 0 Å². The number of nitrogens with two attached hydrogens (primary N) is 3. The van der Waals surface area contributed by atoms with Crippen molar-refractivity contribution >= 4 is 24.4 Å². The molecule has 0 aromatic heterocycles. The molecule has 0 saturated carbocycles. The predicted molar refractivity (Wildman–Crippen MR) is 52.1 cm³/mol. The van der Waals surface area contributed by atoms with Crippen LogP contribution in [0, 0.1) is 0 Å². The lowest BCUT2D eigenvalue weighted by Gasteiger charge is -2.00. The van der Waals surface area contributed by atoms with E-state index in [4.69, 9.17) is 32.3 Å². The summed E-state index contributed by atoms with van der Waals surface area (Å²) in [5.74, 6) is 0. The molecule has 0 radical (unpaired) electrons. The Morgan fingerprint density at radius 2 is 1.23 bits per heavy atom. The third-order valence-electron chi connectivity index (χ3n) is 1.17. The zero-order chi connectivity index (χ0) is 10.4. The summed E-state index contributed by atoms with van der Waals surface area (Å²) >= 11 is 0. The second kappa shape index (κ2) is 5.25. The topological polar surface area (TPSA) is 139 Å². The van der Waals surface area contributed by atoms with Crippen molar-refractivity contribution in [1.29, 1.82) is 0 Å². The third-order valence-corrected chi connectivity index (χ3v) is 1.17. The van der Waals surface area contributed by atoms with E-state index in [0.717, 1.165) is 0 Å². The van der Waals surface area contributed by atoms with Crippen LogP contribution in [-0.2, 0) is 0 Å². The molecule has 0 aliphatic heterocycles. The SMILES string of the molecule is Nc1cccc(N)c1N.OB(O)O. The van der Waals surface area contributed by atoms with E-state index in [-0.39, 0.29) is 0 Å². The van der Waals surface area contributed by atoms with Crippen LogP contribution in [0.15, 0.2) is 18.2 Å². The third kappa shape index (κ3) is 4.91. The molecular formula is C6H12BN3O3. The van der Waals surface area contributed by atoms with Crippen molar-refractivity contribution in [3.63, 3.8) is 0 Å². The Labute approximate surface area is 75.8 Å². The molecule has 9 N–H and O–H groups in total. The molecule has 0 spiro atoms. The van der Waals surface area contributed by atoms with Gasteiger partial charge in [0.1, 0.15) is 0 Å². The van der Waals surface area contributed by atoms with Gasteiger partial charge in [-0.05, 0) is 12.1 Å². The summed E-state index contributed by atoms with van der Waals surface area (Å²) in [5.41, 5.74) is 17.8. The maximum absolute atomic E-state index is 7.17. The number of benzene rings is 1. The average Bonchev–Trinajstić information content (AvgIpc) is 1.99. The fraction of sp³-hybridized carbons (Fsp3) is 0. The second-order valence-electron chi connectivity index (χ2n) is 2.20. The fourth-order valence-electron chi connectivity index (χ4n) is 0.602. The lowest BCUT2D eigenvalue weighted by atomic mass is 10.2. The summed E-state index contributed by atoms with van der Waals surface area (Å²) in [6, 6.07) is 5.19. The summed E-state index contributed by atoms with van der Waals surface area (Å²) < 4.78 is 0. The van der Waals surface area contributed by atoms with Crippen LogP contribution in [0.4, 0.5) is 17.1 Å². The van der Waals surface area contributed by atoms with Gasteiger partial charge in [-0.15, -0.1) is 0 Å². The van der Waals surface area contributed by atoms with Crippen LogP contribution in [0.25, 0.3) is 0 Å². The Kier molecular flexibility index (Phi) is 4.67. The Bertz CT molecular complexity index is 246. The molecule has 0 fully saturated rings. The second-order valence-corrected chi connectivity index (χ2v) is 2.20. The predicted octanol–water partition coefficient (Wildman–Crippen LogP) is -1.62. The van der Waals surface area contributed by atoms with Gasteiger partial charge in [0.05, 0.1) is 17.1 Å². The first-order chi connectivity index (χ1) is 5.95. The molecule has 0 saturated heterocycles. The molecule has 1 aromatic carbocycles. The zero-order valence-electron chi connectivity index (χ0n) is 6.88. The van der Waals surface area contributed by atoms with Gasteiger partial charge in [0.25, 0.3) is 0 Å². The molecule has 1 aromatic rings. The maximum atomic E-state index is 7.17. The Hall–Kier alpha value is -1.44. The number of hydrogen-bond acceptors (Lipinski definition) is 6. The summed E-state index contributed by atoms with van der Waals surface area (Å²) in [6.45, 7) is 0. The van der Waals surface area contributed by atoms with Crippen LogP contribution >= 0.6 is 0 Å². The van der Waals surface area contributed by atoms with E-state index >= 15 is 0 Å². The molecule has 0 bridgehead atoms. The molecule has 13 heavy (non-hydrogen) atoms. The van der Waals surface area contributed by atoms with Crippen molar-refractivity contribution in [1.82, 2.24) is 0 Å². The van der Waals surface area contributed by atoms with Gasteiger partial charge in [0, 0.05) is 0 Å². The smallest absolute Gasteiger partial charge is 0.402 e. The molecular weight excluding hydrogens is 173 g/mol. The summed E-state index contributed by atoms with van der Waals surface area (Å²) in [5, 5.41) is 21.5. The highest BCUT2D eigenvalue weighted by molar-refractivity contribution is 6.30. The van der Waals surface area contributed by atoms with Gasteiger partial charge in [0.15, 0.2) is 0 Å². The first-order valence-corrected chi connectivity index (χ1v) is 3.38. The monoisotopic (exact) mass is 185 g/mol. The van der Waals surface area contributed by atoms with Gasteiger partial charge >= 0.3 is 7.32 Å². The van der Waals surface area contributed by atoms with Crippen LogP contribution < -0.4 is 17.2 Å². The maximum Gasteiger partial charge on any atom is 0.631 e. The minimum Gasteiger partial charge on any atom is -0.402 e. The average molecular weight is 185 g/mol. The lowest BCUT2D eigenvalue weighted by molar-refractivity contribution is 0.278. The van der Waals surface area contributed by atoms with Crippen molar-refractivity contribution < 1.29 is 15.1 Å². The first kappa shape index (κ1) is 11.6. The van der Waals surface area contributed by atoms with Gasteiger partial charge in [-0.1, -0.05) is 6.07 Å². The molecule has 1 rings (SSSR count). The summed E-state index contributed by atoms with van der Waals surface area (Å²) in [4.78, 5) is 0. The first-order valence-electron chi connectivity index (χ1n) is 3.38. The molecule has 0 aliphatic carbocycles. The molecule has 72 valence electrons. The molecule has 0 aliphatic rings. The highest BCUT2D eigenvalue weighted by Crippen LogP contribution is 2.20. The van der Waals surface area contributed by atoms with E-state index < -0.39 is 7.32 Å². The van der Waals surface area contributed by atoms with Crippen LogP contribution in [0.3, 0.4) is 0 Å². The standard InChI is InChI=1S/C6H9N3.BH3O3/c7-4-2-1-3-5(8)6(4)9;2-1(3)4/h1-3H,7-9H2;2-4H. The Balaban J connectivity index is 0.000000310. The van der Waals surface area contributed by atoms with Gasteiger partial charge < -0.3 is 32.3 Å². The molecule has 6 nitrogen and oxygen atoms in total.